The van der Waals surface area contributed by atoms with Crippen LogP contribution in [-0.2, 0) is 6.18 Å². The minimum Gasteiger partial charge on any atom is -0.507 e. The van der Waals surface area contributed by atoms with Crippen LogP contribution in [0.25, 0.3) is 11.4 Å². The fourth-order valence-electron chi connectivity index (χ4n) is 4.33. The van der Waals surface area contributed by atoms with Gasteiger partial charge >= 0.3 is 6.18 Å². The highest BCUT2D eigenvalue weighted by atomic mass is 19.4. The Morgan fingerprint density at radius 3 is 2.32 bits per heavy atom. The number of nitrogens with one attached hydrogen (secondary N) is 2. The molecule has 0 fully saturated rings. The zero-order valence-electron chi connectivity index (χ0n) is 21.0. The Hall–Kier alpha value is -2.63. The quantitative estimate of drug-likeness (QED) is 0.445. The van der Waals surface area contributed by atoms with E-state index in [4.69, 9.17) is 0 Å². The van der Waals surface area contributed by atoms with E-state index >= 15 is 0 Å². The molecule has 34 heavy (non-hydrogen) atoms. The van der Waals surface area contributed by atoms with E-state index in [9.17, 15) is 18.3 Å². The molecule has 0 saturated carbocycles. The van der Waals surface area contributed by atoms with E-state index in [-0.39, 0.29) is 5.75 Å². The largest absolute Gasteiger partial charge is 0.507 e. The van der Waals surface area contributed by atoms with Gasteiger partial charge in [-0.1, -0.05) is 71.7 Å². The van der Waals surface area contributed by atoms with Crippen LogP contribution in [0.3, 0.4) is 0 Å². The van der Waals surface area contributed by atoms with Crippen LogP contribution in [0.1, 0.15) is 77.8 Å². The lowest BCUT2D eigenvalue weighted by molar-refractivity contribution is -0.137. The van der Waals surface area contributed by atoms with Crippen LogP contribution in [0, 0.1) is 5.92 Å². The standard InChI is InChI=1S/C26H33F3N2O.C2H6/c1-4-5-8-19(15-17(2)3)31-23-13-14-30-25(21-10-7-6-9-20(21)23)22-12-11-18(16-24(22)32)26(27,28)29;1-2/h6-7,9-12,16-17,19,30-32H,4-5,8,13-15H2,1-3H3;1-2H3. The van der Waals surface area contributed by atoms with Crippen molar-refractivity contribution in [2.75, 3.05) is 6.54 Å². The fourth-order valence-corrected chi connectivity index (χ4v) is 4.33. The molecule has 6 heteroatoms. The molecule has 3 rings (SSSR count). The average molecular weight is 477 g/mol. The number of aromatic hydroxyl groups is 1. The number of phenolic OH excluding ortho intramolecular Hbond substituents is 1. The van der Waals surface area contributed by atoms with Crippen LogP contribution in [-0.4, -0.2) is 17.7 Å². The van der Waals surface area contributed by atoms with Crippen molar-refractivity contribution in [1.29, 1.82) is 0 Å². The Labute approximate surface area is 201 Å². The van der Waals surface area contributed by atoms with Crippen molar-refractivity contribution in [1.82, 2.24) is 10.6 Å². The molecule has 3 N–H and O–H groups in total. The number of halogens is 3. The second-order valence-corrected chi connectivity index (χ2v) is 8.92. The van der Waals surface area contributed by atoms with E-state index in [1.807, 2.05) is 38.1 Å². The molecule has 0 aromatic heterocycles. The van der Waals surface area contributed by atoms with Gasteiger partial charge in [-0.25, -0.2) is 0 Å². The zero-order chi connectivity index (χ0) is 25.3. The van der Waals surface area contributed by atoms with Gasteiger partial charge in [-0.05, 0) is 37.0 Å². The lowest BCUT2D eigenvalue weighted by atomic mass is 9.98. The van der Waals surface area contributed by atoms with Gasteiger partial charge in [0.15, 0.2) is 0 Å². The number of alkyl halides is 3. The minimum atomic E-state index is -4.50. The first kappa shape index (κ1) is 27.6. The predicted octanol–water partition coefficient (Wildman–Crippen LogP) is 5.89. The third-order valence-electron chi connectivity index (χ3n) is 5.83. The molecule has 188 valence electrons. The van der Waals surface area contributed by atoms with Gasteiger partial charge in [-0.2, -0.15) is 13.2 Å². The highest BCUT2D eigenvalue weighted by Gasteiger charge is 2.31. The Morgan fingerprint density at radius 1 is 1.06 bits per heavy atom. The molecule has 0 radical (unpaired) electrons. The maximum absolute atomic E-state index is 13.1. The van der Waals surface area contributed by atoms with Gasteiger partial charge in [0.1, 0.15) is 5.75 Å². The zero-order valence-corrected chi connectivity index (χ0v) is 21.0. The molecule has 0 aliphatic carbocycles. The molecule has 2 aromatic carbocycles. The number of hydrogen-bond donors (Lipinski definition) is 3. The van der Waals surface area contributed by atoms with Gasteiger partial charge < -0.3 is 15.7 Å². The van der Waals surface area contributed by atoms with Crippen LogP contribution in [0.15, 0.2) is 42.5 Å². The Bertz CT molecular complexity index is 1040. The topological polar surface area (TPSA) is 44.3 Å². The van der Waals surface area contributed by atoms with Crippen LogP contribution >= 0.6 is 0 Å². The second-order valence-electron chi connectivity index (χ2n) is 8.92. The van der Waals surface area contributed by atoms with Gasteiger partial charge in [-0.3, -0.25) is 0 Å². The summed E-state index contributed by atoms with van der Waals surface area (Å²) in [6.45, 7) is 11.3. The van der Waals surface area contributed by atoms with E-state index in [0.717, 1.165) is 60.4 Å². The van der Waals surface area contributed by atoms with Gasteiger partial charge in [0.25, 0.3) is 0 Å². The maximum Gasteiger partial charge on any atom is 0.416 e. The third-order valence-corrected chi connectivity index (χ3v) is 5.83. The summed E-state index contributed by atoms with van der Waals surface area (Å²) in [5.74, 6) is 0.199. The molecule has 1 atom stereocenters. The molecule has 1 heterocycles. The first-order valence-corrected chi connectivity index (χ1v) is 12.4. The fraction of sp³-hybridized carbons (Fsp3) is 0.500. The van der Waals surface area contributed by atoms with Gasteiger partial charge in [0.05, 0.1) is 11.3 Å². The monoisotopic (exact) mass is 476 g/mol. The van der Waals surface area contributed by atoms with E-state index in [2.05, 4.69) is 31.4 Å². The smallest absolute Gasteiger partial charge is 0.416 e. The Morgan fingerprint density at radius 2 is 1.74 bits per heavy atom. The van der Waals surface area contributed by atoms with Crippen molar-refractivity contribution in [2.45, 2.75) is 78.9 Å². The summed E-state index contributed by atoms with van der Waals surface area (Å²) >= 11 is 0. The SMILES string of the molecule is CC.CCCCC(CC(C)C)NC1=c2ccccc2=C(c2ccc(C(F)(F)F)cc2O)NCC1. The minimum absolute atomic E-state index is 0.372. The predicted molar refractivity (Wildman–Crippen MR) is 135 cm³/mol. The van der Waals surface area contributed by atoms with Crippen molar-refractivity contribution < 1.29 is 18.3 Å². The van der Waals surface area contributed by atoms with Crippen LogP contribution in [0.5, 0.6) is 5.75 Å². The number of hydrogen-bond acceptors (Lipinski definition) is 3. The van der Waals surface area contributed by atoms with Gasteiger partial charge in [0.2, 0.25) is 0 Å². The summed E-state index contributed by atoms with van der Waals surface area (Å²) in [7, 11) is 0. The molecule has 1 aliphatic heterocycles. The molecule has 1 aliphatic rings. The number of benzene rings is 2. The van der Waals surface area contributed by atoms with Crippen LogP contribution in [0.2, 0.25) is 0 Å². The molecule has 3 nitrogen and oxygen atoms in total. The first-order chi connectivity index (χ1) is 16.2. The molecule has 0 amide bonds. The summed E-state index contributed by atoms with van der Waals surface area (Å²) in [5.41, 5.74) is 1.30. The summed E-state index contributed by atoms with van der Waals surface area (Å²) in [6, 6.07) is 11.4. The lowest BCUT2D eigenvalue weighted by Crippen LogP contribution is -2.37. The van der Waals surface area contributed by atoms with Crippen molar-refractivity contribution >= 4 is 11.4 Å². The van der Waals surface area contributed by atoms with Crippen LogP contribution < -0.4 is 21.1 Å². The Balaban J connectivity index is 0.00000199. The first-order valence-electron chi connectivity index (χ1n) is 12.4. The number of unbranched alkanes of at least 4 members (excludes halogenated alkanes) is 1. The molecular formula is C28H39F3N2O. The summed E-state index contributed by atoms with van der Waals surface area (Å²) < 4.78 is 39.2. The van der Waals surface area contributed by atoms with Crippen LogP contribution in [0.4, 0.5) is 13.2 Å². The summed E-state index contributed by atoms with van der Waals surface area (Å²) in [5, 5.41) is 19.5. The second kappa shape index (κ2) is 12.7. The highest BCUT2D eigenvalue weighted by molar-refractivity contribution is 5.70. The van der Waals surface area contributed by atoms with Crippen molar-refractivity contribution in [3.8, 4) is 5.75 Å². The number of phenols is 1. The molecular weight excluding hydrogens is 437 g/mol. The number of fused-ring (bicyclic) bond motifs is 1. The molecule has 0 spiro atoms. The molecule has 0 saturated heterocycles. The summed E-state index contributed by atoms with van der Waals surface area (Å²) in [6.07, 6.45) is 0.759. The third kappa shape index (κ3) is 7.18. The van der Waals surface area contributed by atoms with E-state index < -0.39 is 11.7 Å². The maximum atomic E-state index is 13.1. The lowest BCUT2D eigenvalue weighted by Gasteiger charge is -2.23. The average Bonchev–Trinajstić information content (AvgIpc) is 2.97. The molecule has 1 unspecified atom stereocenters. The van der Waals surface area contributed by atoms with E-state index in [0.29, 0.717) is 29.8 Å². The van der Waals surface area contributed by atoms with E-state index in [1.54, 1.807) is 0 Å². The normalized spacial score (nSPS) is 14.5. The Kier molecular flexibility index (Phi) is 10.3. The highest BCUT2D eigenvalue weighted by Crippen LogP contribution is 2.34. The van der Waals surface area contributed by atoms with Crippen molar-refractivity contribution in [2.24, 2.45) is 5.92 Å². The molecule has 0 bridgehead atoms. The van der Waals surface area contributed by atoms with Gasteiger partial charge in [0, 0.05) is 40.7 Å². The van der Waals surface area contributed by atoms with Crippen molar-refractivity contribution in [3.63, 3.8) is 0 Å². The van der Waals surface area contributed by atoms with E-state index in [1.165, 1.54) is 6.07 Å². The number of rotatable bonds is 8. The molecule has 2 aromatic rings. The summed E-state index contributed by atoms with van der Waals surface area (Å²) in [4.78, 5) is 0. The van der Waals surface area contributed by atoms with Gasteiger partial charge in [-0.15, -0.1) is 0 Å². The van der Waals surface area contributed by atoms with Crippen molar-refractivity contribution in [3.05, 3.63) is 64.0 Å².